The van der Waals surface area contributed by atoms with Crippen molar-refractivity contribution in [3.8, 4) is 11.5 Å². The van der Waals surface area contributed by atoms with Crippen molar-refractivity contribution >= 4 is 27.3 Å². The zero-order valence-corrected chi connectivity index (χ0v) is 17.0. The number of hydrogen-bond donors (Lipinski definition) is 1. The SMILES string of the molecule is CCOc1ccc(OCC)c(NC(=O)c2ccc3c(c2)CCN3S(C)(=O)=O)c1. The molecule has 0 aromatic heterocycles. The molecule has 1 aliphatic heterocycles. The summed E-state index contributed by atoms with van der Waals surface area (Å²) in [5.41, 5.74) is 2.45. The van der Waals surface area contributed by atoms with Gasteiger partial charge in [0.05, 0.1) is 30.8 Å². The van der Waals surface area contributed by atoms with Crippen molar-refractivity contribution in [3.05, 3.63) is 47.5 Å². The van der Waals surface area contributed by atoms with Gasteiger partial charge >= 0.3 is 0 Å². The molecule has 150 valence electrons. The average molecular weight is 404 g/mol. The molecule has 0 fully saturated rings. The molecule has 1 heterocycles. The number of nitrogens with one attached hydrogen (secondary N) is 1. The third kappa shape index (κ3) is 4.22. The number of ether oxygens (including phenoxy) is 2. The van der Waals surface area contributed by atoms with Crippen LogP contribution in [0.1, 0.15) is 29.8 Å². The Morgan fingerprint density at radius 1 is 1.11 bits per heavy atom. The predicted molar refractivity (Wildman–Crippen MR) is 109 cm³/mol. The Hall–Kier alpha value is -2.74. The highest BCUT2D eigenvalue weighted by Gasteiger charge is 2.26. The minimum absolute atomic E-state index is 0.296. The van der Waals surface area contributed by atoms with Gasteiger partial charge < -0.3 is 14.8 Å². The first-order valence-corrected chi connectivity index (χ1v) is 11.0. The summed E-state index contributed by atoms with van der Waals surface area (Å²) in [7, 11) is -3.32. The fourth-order valence-corrected chi connectivity index (χ4v) is 4.15. The van der Waals surface area contributed by atoms with Gasteiger partial charge in [-0.05, 0) is 56.2 Å². The van der Waals surface area contributed by atoms with Gasteiger partial charge in [-0.25, -0.2) is 8.42 Å². The number of carbonyl (C=O) groups excluding carboxylic acids is 1. The first-order valence-electron chi connectivity index (χ1n) is 9.15. The van der Waals surface area contributed by atoms with E-state index < -0.39 is 10.0 Å². The van der Waals surface area contributed by atoms with E-state index in [1.54, 1.807) is 36.4 Å². The van der Waals surface area contributed by atoms with Crippen molar-refractivity contribution < 1.29 is 22.7 Å². The summed E-state index contributed by atoms with van der Waals surface area (Å²) >= 11 is 0. The van der Waals surface area contributed by atoms with Crippen molar-refractivity contribution in [3.63, 3.8) is 0 Å². The molecule has 0 bridgehead atoms. The number of nitrogens with zero attached hydrogens (tertiary/aromatic N) is 1. The number of sulfonamides is 1. The standard InChI is InChI=1S/C20H24N2O5S/c1-4-26-16-7-9-19(27-5-2)17(13-16)21-20(23)15-6-8-18-14(12-15)10-11-22(18)28(3,24)25/h6-9,12-13H,4-5,10-11H2,1-3H3,(H,21,23). The summed E-state index contributed by atoms with van der Waals surface area (Å²) in [6.45, 7) is 5.14. The fraction of sp³-hybridized carbons (Fsp3) is 0.350. The molecule has 0 unspecified atom stereocenters. The van der Waals surface area contributed by atoms with Crippen LogP contribution < -0.4 is 19.1 Å². The normalized spacial score (nSPS) is 13.2. The Kier molecular flexibility index (Phi) is 5.79. The van der Waals surface area contributed by atoms with E-state index in [0.29, 0.717) is 54.6 Å². The van der Waals surface area contributed by atoms with Crippen molar-refractivity contribution in [2.75, 3.05) is 35.6 Å². The number of fused-ring (bicyclic) bond motifs is 1. The monoisotopic (exact) mass is 404 g/mol. The quantitative estimate of drug-likeness (QED) is 0.767. The second kappa shape index (κ2) is 8.10. The molecule has 8 heteroatoms. The van der Waals surface area contributed by atoms with E-state index in [1.807, 2.05) is 13.8 Å². The van der Waals surface area contributed by atoms with Gasteiger partial charge in [0.25, 0.3) is 5.91 Å². The molecule has 0 saturated carbocycles. The highest BCUT2D eigenvalue weighted by Crippen LogP contribution is 2.32. The lowest BCUT2D eigenvalue weighted by Gasteiger charge is -2.17. The van der Waals surface area contributed by atoms with Gasteiger partial charge in [-0.15, -0.1) is 0 Å². The number of hydrogen-bond acceptors (Lipinski definition) is 5. The molecule has 2 aromatic rings. The lowest BCUT2D eigenvalue weighted by Crippen LogP contribution is -2.27. The molecule has 1 amide bonds. The van der Waals surface area contributed by atoms with Crippen LogP contribution in [0.2, 0.25) is 0 Å². The van der Waals surface area contributed by atoms with Gasteiger partial charge in [-0.1, -0.05) is 0 Å². The zero-order chi connectivity index (χ0) is 20.3. The largest absolute Gasteiger partial charge is 0.494 e. The van der Waals surface area contributed by atoms with Crippen LogP contribution >= 0.6 is 0 Å². The molecule has 2 aromatic carbocycles. The van der Waals surface area contributed by atoms with Gasteiger partial charge in [-0.2, -0.15) is 0 Å². The molecule has 0 atom stereocenters. The van der Waals surface area contributed by atoms with Crippen LogP contribution in [-0.2, 0) is 16.4 Å². The molecule has 1 aliphatic rings. The predicted octanol–water partition coefficient (Wildman–Crippen LogP) is 3.06. The summed E-state index contributed by atoms with van der Waals surface area (Å²) in [5.74, 6) is 0.901. The van der Waals surface area contributed by atoms with Crippen molar-refractivity contribution in [1.29, 1.82) is 0 Å². The minimum Gasteiger partial charge on any atom is -0.494 e. The number of amides is 1. The Balaban J connectivity index is 1.85. The minimum atomic E-state index is -3.32. The van der Waals surface area contributed by atoms with Crippen LogP contribution in [0.5, 0.6) is 11.5 Å². The van der Waals surface area contributed by atoms with E-state index in [9.17, 15) is 13.2 Å². The summed E-state index contributed by atoms with van der Waals surface area (Å²) < 4.78 is 36.2. The van der Waals surface area contributed by atoms with E-state index in [0.717, 1.165) is 5.56 Å². The van der Waals surface area contributed by atoms with Crippen molar-refractivity contribution in [2.24, 2.45) is 0 Å². The zero-order valence-electron chi connectivity index (χ0n) is 16.2. The highest BCUT2D eigenvalue weighted by molar-refractivity contribution is 7.92. The Morgan fingerprint density at radius 2 is 1.86 bits per heavy atom. The Morgan fingerprint density at radius 3 is 2.54 bits per heavy atom. The number of benzene rings is 2. The first kappa shape index (κ1) is 20.0. The smallest absolute Gasteiger partial charge is 0.255 e. The Labute approximate surface area is 165 Å². The third-order valence-electron chi connectivity index (χ3n) is 4.41. The van der Waals surface area contributed by atoms with Crippen LogP contribution in [0.3, 0.4) is 0 Å². The van der Waals surface area contributed by atoms with Crippen LogP contribution in [0.15, 0.2) is 36.4 Å². The maximum absolute atomic E-state index is 12.8. The molecule has 0 radical (unpaired) electrons. The van der Waals surface area contributed by atoms with E-state index >= 15 is 0 Å². The Bertz CT molecular complexity index is 988. The molecular weight excluding hydrogens is 380 g/mol. The fourth-order valence-electron chi connectivity index (χ4n) is 3.20. The topological polar surface area (TPSA) is 84.9 Å². The van der Waals surface area contributed by atoms with Crippen molar-refractivity contribution in [1.82, 2.24) is 0 Å². The van der Waals surface area contributed by atoms with E-state index in [2.05, 4.69) is 5.32 Å². The van der Waals surface area contributed by atoms with Crippen LogP contribution in [-0.4, -0.2) is 40.3 Å². The van der Waals surface area contributed by atoms with Gasteiger partial charge in [0.15, 0.2) is 0 Å². The van der Waals surface area contributed by atoms with E-state index in [1.165, 1.54) is 10.6 Å². The maximum Gasteiger partial charge on any atom is 0.255 e. The molecule has 28 heavy (non-hydrogen) atoms. The van der Waals surface area contributed by atoms with Crippen LogP contribution in [0.25, 0.3) is 0 Å². The van der Waals surface area contributed by atoms with Gasteiger partial charge in [0, 0.05) is 18.2 Å². The summed E-state index contributed by atoms with van der Waals surface area (Å²) in [4.78, 5) is 12.8. The van der Waals surface area contributed by atoms with Gasteiger partial charge in [0.2, 0.25) is 10.0 Å². The van der Waals surface area contributed by atoms with Gasteiger partial charge in [-0.3, -0.25) is 9.10 Å². The second-order valence-electron chi connectivity index (χ2n) is 6.41. The summed E-state index contributed by atoms with van der Waals surface area (Å²) in [6.07, 6.45) is 1.76. The molecule has 0 spiro atoms. The number of rotatable bonds is 7. The maximum atomic E-state index is 12.8. The lowest BCUT2D eigenvalue weighted by molar-refractivity contribution is 0.102. The van der Waals surface area contributed by atoms with Gasteiger partial charge in [0.1, 0.15) is 11.5 Å². The van der Waals surface area contributed by atoms with Crippen LogP contribution in [0.4, 0.5) is 11.4 Å². The second-order valence-corrected chi connectivity index (χ2v) is 8.31. The molecule has 7 nitrogen and oxygen atoms in total. The molecule has 0 aliphatic carbocycles. The van der Waals surface area contributed by atoms with E-state index in [-0.39, 0.29) is 5.91 Å². The molecule has 0 saturated heterocycles. The number of carbonyl (C=O) groups is 1. The molecule has 3 rings (SSSR count). The number of anilines is 2. The molecular formula is C20H24N2O5S. The van der Waals surface area contributed by atoms with Crippen LogP contribution in [0, 0.1) is 0 Å². The van der Waals surface area contributed by atoms with E-state index in [4.69, 9.17) is 9.47 Å². The average Bonchev–Trinajstić information content (AvgIpc) is 3.07. The highest BCUT2D eigenvalue weighted by atomic mass is 32.2. The lowest BCUT2D eigenvalue weighted by atomic mass is 10.1. The molecule has 1 N–H and O–H groups in total. The summed E-state index contributed by atoms with van der Waals surface area (Å²) in [5, 5.41) is 2.87. The van der Waals surface area contributed by atoms with Crippen molar-refractivity contribution in [2.45, 2.75) is 20.3 Å². The first-order chi connectivity index (χ1) is 13.3. The summed E-state index contributed by atoms with van der Waals surface area (Å²) in [6, 6.07) is 10.3. The third-order valence-corrected chi connectivity index (χ3v) is 5.58.